The monoisotopic (exact) mass is 355 g/mol. The fourth-order valence-electron chi connectivity index (χ4n) is 2.06. The van der Waals surface area contributed by atoms with Crippen LogP contribution in [0, 0.1) is 0 Å². The highest BCUT2D eigenvalue weighted by Crippen LogP contribution is 2.24. The molecule has 0 fully saturated rings. The molecule has 0 bridgehead atoms. The van der Waals surface area contributed by atoms with Crippen LogP contribution in [-0.2, 0) is 11.3 Å². The Kier molecular flexibility index (Phi) is 7.75. The number of nitrogens with zero attached hydrogens (tertiary/aromatic N) is 1. The van der Waals surface area contributed by atoms with Crippen LogP contribution in [0.25, 0.3) is 0 Å². The van der Waals surface area contributed by atoms with E-state index in [1.54, 1.807) is 0 Å². The van der Waals surface area contributed by atoms with Crippen LogP contribution in [0.4, 0.5) is 5.69 Å². The third-order valence-electron chi connectivity index (χ3n) is 3.13. The highest BCUT2D eigenvalue weighted by atomic mass is 79.9. The summed E-state index contributed by atoms with van der Waals surface area (Å²) in [7, 11) is 0. The first-order chi connectivity index (χ1) is 9.97. The molecule has 1 rings (SSSR count). The highest BCUT2D eigenvalue weighted by molar-refractivity contribution is 9.10. The fourth-order valence-corrected chi connectivity index (χ4v) is 2.57. The molecule has 0 aliphatic carbocycles. The largest absolute Gasteiger partial charge is 0.362 e. The van der Waals surface area contributed by atoms with Gasteiger partial charge in [0.1, 0.15) is 0 Å². The second-order valence-corrected chi connectivity index (χ2v) is 6.15. The van der Waals surface area contributed by atoms with Crippen molar-refractivity contribution < 1.29 is 4.79 Å². The Morgan fingerprint density at radius 2 is 2.05 bits per heavy atom. The van der Waals surface area contributed by atoms with E-state index in [9.17, 15) is 4.79 Å². The van der Waals surface area contributed by atoms with Crippen LogP contribution >= 0.6 is 15.9 Å². The van der Waals surface area contributed by atoms with Gasteiger partial charge in [-0.05, 0) is 45.0 Å². The summed E-state index contributed by atoms with van der Waals surface area (Å²) in [5.74, 6) is 0.0553. The van der Waals surface area contributed by atoms with Gasteiger partial charge in [-0.25, -0.2) is 0 Å². The Morgan fingerprint density at radius 1 is 1.33 bits per heavy atom. The minimum absolute atomic E-state index is 0.0553. The van der Waals surface area contributed by atoms with Gasteiger partial charge in [0.25, 0.3) is 0 Å². The van der Waals surface area contributed by atoms with Gasteiger partial charge < -0.3 is 15.5 Å². The van der Waals surface area contributed by atoms with E-state index >= 15 is 0 Å². The van der Waals surface area contributed by atoms with Crippen LogP contribution in [0.2, 0.25) is 0 Å². The lowest BCUT2D eigenvalue weighted by atomic mass is 10.2. The lowest BCUT2D eigenvalue weighted by molar-refractivity contribution is -0.120. The fraction of sp³-hybridized carbons (Fsp3) is 0.562. The van der Waals surface area contributed by atoms with Crippen molar-refractivity contribution in [3.05, 3.63) is 28.2 Å². The van der Waals surface area contributed by atoms with E-state index in [4.69, 9.17) is 0 Å². The van der Waals surface area contributed by atoms with Crippen molar-refractivity contribution in [2.45, 2.75) is 40.3 Å². The molecule has 5 heteroatoms. The number of carbonyl (C=O) groups excluding carboxylic acids is 1. The van der Waals surface area contributed by atoms with Crippen LogP contribution in [-0.4, -0.2) is 31.6 Å². The molecule has 2 N–H and O–H groups in total. The van der Waals surface area contributed by atoms with Gasteiger partial charge in [-0.1, -0.05) is 28.9 Å². The molecule has 0 atom stereocenters. The lowest BCUT2D eigenvalue weighted by Crippen LogP contribution is -2.40. The SMILES string of the molecule is CCNCc1ccc(N(CC)CC(=O)NC(C)C)cc1Br. The summed E-state index contributed by atoms with van der Waals surface area (Å²) < 4.78 is 1.07. The van der Waals surface area contributed by atoms with Crippen molar-refractivity contribution >= 4 is 27.5 Å². The van der Waals surface area contributed by atoms with E-state index in [1.165, 1.54) is 5.56 Å². The van der Waals surface area contributed by atoms with E-state index < -0.39 is 0 Å². The van der Waals surface area contributed by atoms with Crippen LogP contribution in [0.3, 0.4) is 0 Å². The van der Waals surface area contributed by atoms with Crippen molar-refractivity contribution in [1.82, 2.24) is 10.6 Å². The maximum Gasteiger partial charge on any atom is 0.239 e. The Balaban J connectivity index is 2.77. The summed E-state index contributed by atoms with van der Waals surface area (Å²) in [5, 5.41) is 6.24. The van der Waals surface area contributed by atoms with Gasteiger partial charge in [-0.2, -0.15) is 0 Å². The molecule has 0 unspecified atom stereocenters. The van der Waals surface area contributed by atoms with Crippen molar-refractivity contribution in [2.75, 3.05) is 24.5 Å². The zero-order chi connectivity index (χ0) is 15.8. The Morgan fingerprint density at radius 3 is 2.57 bits per heavy atom. The molecule has 0 heterocycles. The molecule has 21 heavy (non-hydrogen) atoms. The number of nitrogens with one attached hydrogen (secondary N) is 2. The number of hydrogen-bond donors (Lipinski definition) is 2. The standard InChI is InChI=1S/C16H26BrN3O/c1-5-18-10-13-7-8-14(9-15(13)17)20(6-2)11-16(21)19-12(3)4/h7-9,12,18H,5-6,10-11H2,1-4H3,(H,19,21). The molecule has 1 amide bonds. The smallest absolute Gasteiger partial charge is 0.239 e. The molecule has 0 saturated carbocycles. The summed E-state index contributed by atoms with van der Waals surface area (Å²) in [6.45, 7) is 11.1. The highest BCUT2D eigenvalue weighted by Gasteiger charge is 2.12. The van der Waals surface area contributed by atoms with E-state index in [-0.39, 0.29) is 11.9 Å². The summed E-state index contributed by atoms with van der Waals surface area (Å²) >= 11 is 3.61. The summed E-state index contributed by atoms with van der Waals surface area (Å²) in [4.78, 5) is 14.0. The minimum atomic E-state index is 0.0553. The van der Waals surface area contributed by atoms with Gasteiger partial charge in [-0.15, -0.1) is 0 Å². The van der Waals surface area contributed by atoms with E-state index in [1.807, 2.05) is 13.8 Å². The average Bonchev–Trinajstić information content (AvgIpc) is 2.42. The van der Waals surface area contributed by atoms with Crippen LogP contribution in [0.15, 0.2) is 22.7 Å². The van der Waals surface area contributed by atoms with Crippen molar-refractivity contribution in [1.29, 1.82) is 0 Å². The molecular weight excluding hydrogens is 330 g/mol. The third-order valence-corrected chi connectivity index (χ3v) is 3.87. The molecule has 0 aliphatic rings. The van der Waals surface area contributed by atoms with Crippen molar-refractivity contribution in [3.63, 3.8) is 0 Å². The number of likely N-dealkylation sites (N-methyl/N-ethyl adjacent to an activating group) is 1. The van der Waals surface area contributed by atoms with Crippen LogP contribution < -0.4 is 15.5 Å². The van der Waals surface area contributed by atoms with Gasteiger partial charge in [-0.3, -0.25) is 4.79 Å². The number of amides is 1. The number of halogens is 1. The molecule has 0 radical (unpaired) electrons. The maximum absolute atomic E-state index is 11.9. The van der Waals surface area contributed by atoms with Gasteiger partial charge in [0.15, 0.2) is 0 Å². The number of anilines is 1. The van der Waals surface area contributed by atoms with Gasteiger partial charge in [0, 0.05) is 29.3 Å². The minimum Gasteiger partial charge on any atom is -0.362 e. The second-order valence-electron chi connectivity index (χ2n) is 5.29. The summed E-state index contributed by atoms with van der Waals surface area (Å²) in [6.07, 6.45) is 0. The molecule has 0 aromatic heterocycles. The van der Waals surface area contributed by atoms with Crippen LogP contribution in [0.5, 0.6) is 0 Å². The van der Waals surface area contributed by atoms with Gasteiger partial charge >= 0.3 is 0 Å². The first-order valence-electron chi connectivity index (χ1n) is 7.51. The molecule has 0 saturated heterocycles. The summed E-state index contributed by atoms with van der Waals surface area (Å²) in [5.41, 5.74) is 2.28. The number of hydrogen-bond acceptors (Lipinski definition) is 3. The molecule has 0 spiro atoms. The van der Waals surface area contributed by atoms with E-state index in [0.29, 0.717) is 6.54 Å². The molecule has 118 valence electrons. The quantitative estimate of drug-likeness (QED) is 0.753. The molecule has 0 aliphatic heterocycles. The van der Waals surface area contributed by atoms with Gasteiger partial charge in [0.2, 0.25) is 5.91 Å². The first kappa shape index (κ1) is 18.0. The Labute approximate surface area is 136 Å². The Hall–Kier alpha value is -1.07. The average molecular weight is 356 g/mol. The molecule has 1 aromatic rings. The van der Waals surface area contributed by atoms with E-state index in [0.717, 1.165) is 29.8 Å². The third kappa shape index (κ3) is 6.06. The number of benzene rings is 1. The first-order valence-corrected chi connectivity index (χ1v) is 8.30. The maximum atomic E-state index is 11.9. The number of rotatable bonds is 8. The molecular formula is C16H26BrN3O. The molecule has 4 nitrogen and oxygen atoms in total. The van der Waals surface area contributed by atoms with E-state index in [2.05, 4.69) is 63.5 Å². The second kappa shape index (κ2) is 9.05. The predicted molar refractivity (Wildman–Crippen MR) is 92.7 cm³/mol. The number of carbonyl (C=O) groups is 1. The zero-order valence-corrected chi connectivity index (χ0v) is 15.0. The van der Waals surface area contributed by atoms with Crippen molar-refractivity contribution in [2.24, 2.45) is 0 Å². The molecule has 1 aromatic carbocycles. The summed E-state index contributed by atoms with van der Waals surface area (Å²) in [6, 6.07) is 6.43. The van der Waals surface area contributed by atoms with Crippen LogP contribution in [0.1, 0.15) is 33.3 Å². The van der Waals surface area contributed by atoms with Crippen molar-refractivity contribution in [3.8, 4) is 0 Å². The predicted octanol–water partition coefficient (Wildman–Crippen LogP) is 2.91. The Bertz CT molecular complexity index is 463. The zero-order valence-electron chi connectivity index (χ0n) is 13.4. The topological polar surface area (TPSA) is 44.4 Å². The van der Waals surface area contributed by atoms with Gasteiger partial charge in [0.05, 0.1) is 6.54 Å². The normalized spacial score (nSPS) is 10.8. The lowest BCUT2D eigenvalue weighted by Gasteiger charge is -2.24.